The number of amides is 1. The number of hydrogen-bond donors (Lipinski definition) is 6. The van der Waals surface area contributed by atoms with Crippen LogP contribution < -0.4 is 5.32 Å². The molecule has 0 bridgehead atoms. The fraction of sp³-hybridized carbons (Fsp3) is 0.781. The Morgan fingerprint density at radius 1 is 0.476 bits per heavy atom. The average Bonchev–Trinajstić information content (AvgIpc) is 3.69. The molecule has 11 nitrogen and oxygen atoms in total. The monoisotopic (exact) mass is 1180 g/mol. The number of ether oxygens (including phenoxy) is 3. The predicted octanol–water partition coefficient (Wildman–Crippen LogP) is 17.7. The topological polar surface area (TPSA) is 175 Å². The van der Waals surface area contributed by atoms with Crippen molar-refractivity contribution in [2.45, 2.75) is 352 Å². The highest BCUT2D eigenvalue weighted by atomic mass is 16.7. The van der Waals surface area contributed by atoms with Crippen molar-refractivity contribution in [3.8, 4) is 0 Å². The van der Waals surface area contributed by atoms with Gasteiger partial charge < -0.3 is 45.1 Å². The van der Waals surface area contributed by atoms with Crippen molar-refractivity contribution in [2.24, 2.45) is 0 Å². The van der Waals surface area contributed by atoms with E-state index in [1.165, 1.54) is 180 Å². The summed E-state index contributed by atoms with van der Waals surface area (Å²) < 4.78 is 17.6. The first kappa shape index (κ1) is 78.9. The first-order valence-corrected chi connectivity index (χ1v) is 34.9. The van der Waals surface area contributed by atoms with Crippen molar-refractivity contribution in [2.75, 3.05) is 13.2 Å². The second kappa shape index (κ2) is 60.1. The van der Waals surface area contributed by atoms with Gasteiger partial charge >= 0.3 is 5.97 Å². The van der Waals surface area contributed by atoms with Crippen molar-refractivity contribution in [1.82, 2.24) is 5.32 Å². The zero-order valence-corrected chi connectivity index (χ0v) is 54.0. The molecule has 0 aromatic heterocycles. The van der Waals surface area contributed by atoms with E-state index in [-0.39, 0.29) is 19.4 Å². The van der Waals surface area contributed by atoms with Crippen molar-refractivity contribution >= 4 is 11.9 Å². The number of hydrogen-bond acceptors (Lipinski definition) is 10. The van der Waals surface area contributed by atoms with Gasteiger partial charge in [-0.2, -0.15) is 0 Å². The third kappa shape index (κ3) is 47.0. The van der Waals surface area contributed by atoms with E-state index in [1.807, 2.05) is 18.2 Å². The summed E-state index contributed by atoms with van der Waals surface area (Å²) in [5.41, 5.74) is 0. The van der Waals surface area contributed by atoms with Crippen LogP contribution in [0.4, 0.5) is 0 Å². The molecule has 1 aliphatic rings. The summed E-state index contributed by atoms with van der Waals surface area (Å²) in [5, 5.41) is 57.1. The number of esters is 1. The lowest BCUT2D eigenvalue weighted by atomic mass is 9.99. The number of allylic oxidation sites excluding steroid dienone is 13. The van der Waals surface area contributed by atoms with E-state index in [9.17, 15) is 35.1 Å². The van der Waals surface area contributed by atoms with Crippen LogP contribution in [0.2, 0.25) is 0 Å². The van der Waals surface area contributed by atoms with Crippen molar-refractivity contribution in [3.05, 3.63) is 85.1 Å². The second-order valence-electron chi connectivity index (χ2n) is 23.9. The van der Waals surface area contributed by atoms with E-state index in [2.05, 4.69) is 86.8 Å². The van der Waals surface area contributed by atoms with E-state index in [4.69, 9.17) is 14.2 Å². The molecule has 0 saturated carbocycles. The summed E-state index contributed by atoms with van der Waals surface area (Å²) >= 11 is 0. The Morgan fingerprint density at radius 2 is 0.857 bits per heavy atom. The lowest BCUT2D eigenvalue weighted by Crippen LogP contribution is -2.61. The van der Waals surface area contributed by atoms with E-state index < -0.39 is 67.4 Å². The SMILES string of the molecule is CC/C=C\C/C=C\C/C=C\C/C=C\C/C=C\C/C=C\CCC(=O)OC1C(OCC(NC(=O)C(O)CCCCCCCCCCCCCCCCCCCCCCCCCC)C(O)/C=C/CCCCCCCCCCCC)OC(CO)C(O)C1O. The second-order valence-corrected chi connectivity index (χ2v) is 23.9. The molecule has 84 heavy (non-hydrogen) atoms. The maximum absolute atomic E-state index is 13.5. The number of aliphatic hydroxyl groups excluding tert-OH is 5. The Bertz CT molecular complexity index is 1690. The summed E-state index contributed by atoms with van der Waals surface area (Å²) in [4.78, 5) is 26.6. The Morgan fingerprint density at radius 3 is 1.26 bits per heavy atom. The van der Waals surface area contributed by atoms with E-state index >= 15 is 0 Å². The summed E-state index contributed by atoms with van der Waals surface area (Å²) in [6.07, 6.45) is 69.3. The third-order valence-electron chi connectivity index (χ3n) is 16.1. The molecule has 0 radical (unpaired) electrons. The van der Waals surface area contributed by atoms with Crippen molar-refractivity contribution in [1.29, 1.82) is 0 Å². The molecule has 1 fully saturated rings. The third-order valence-corrected chi connectivity index (χ3v) is 16.1. The number of carbonyl (C=O) groups excluding carboxylic acids is 2. The number of nitrogens with one attached hydrogen (secondary N) is 1. The van der Waals surface area contributed by atoms with Crippen LogP contribution in [0.3, 0.4) is 0 Å². The predicted molar refractivity (Wildman–Crippen MR) is 352 cm³/mol. The highest BCUT2D eigenvalue weighted by Gasteiger charge is 2.47. The van der Waals surface area contributed by atoms with Gasteiger partial charge in [-0.3, -0.25) is 9.59 Å². The highest BCUT2D eigenvalue weighted by molar-refractivity contribution is 5.80. The molecule has 0 aromatic carbocycles. The van der Waals surface area contributed by atoms with Crippen LogP contribution in [0, 0.1) is 0 Å². The smallest absolute Gasteiger partial charge is 0.306 e. The Labute approximate surface area is 514 Å². The normalized spacial score (nSPS) is 19.0. The minimum absolute atomic E-state index is 0.00358. The molecule has 0 spiro atoms. The first-order valence-electron chi connectivity index (χ1n) is 34.9. The Hall–Kier alpha value is -3.16. The molecule has 0 aliphatic carbocycles. The Balaban J connectivity index is 2.62. The molecule has 1 aliphatic heterocycles. The molecule has 8 atom stereocenters. The standard InChI is InChI=1S/C73H129NO10/c1-4-7-10-13-16-19-22-25-27-29-31-32-33-34-35-37-38-40-42-45-48-51-54-57-60-66(77)72(81)74-64(65(76)59-56-53-50-47-44-24-21-18-15-12-9-6-3)63-82-73-71(70(80)69(79)67(62-75)83-73)84-68(78)61-58-55-52-49-46-43-41-39-36-30-28-26-23-20-17-14-11-8-5-2/h8,11,17,20,26,28,36,39,43,46,52,55-56,59,64-67,69-71,73,75-77,79-80H,4-7,9-10,12-16,18-19,21-25,27,29-35,37-38,40-42,44-45,47-51,53-54,57-58,60-63H2,1-3H3,(H,74,81)/b11-8-,20-17-,28-26-,39-36-,46-43-,55-52-,59-56+. The maximum Gasteiger partial charge on any atom is 0.306 e. The van der Waals surface area contributed by atoms with Crippen LogP contribution in [0.25, 0.3) is 0 Å². The quantitative estimate of drug-likeness (QED) is 0.0195. The lowest BCUT2D eigenvalue weighted by molar-refractivity contribution is -0.305. The van der Waals surface area contributed by atoms with Gasteiger partial charge in [0, 0.05) is 6.42 Å². The van der Waals surface area contributed by atoms with Gasteiger partial charge in [-0.1, -0.05) is 318 Å². The molecule has 1 amide bonds. The lowest BCUT2D eigenvalue weighted by Gasteiger charge is -2.41. The molecule has 0 aromatic rings. The zero-order chi connectivity index (χ0) is 61.0. The molecular weight excluding hydrogens is 1050 g/mol. The van der Waals surface area contributed by atoms with Crippen LogP contribution in [-0.2, 0) is 23.8 Å². The van der Waals surface area contributed by atoms with Gasteiger partial charge in [-0.05, 0) is 64.2 Å². The summed E-state index contributed by atoms with van der Waals surface area (Å²) in [6.45, 7) is 5.67. The molecule has 11 heteroatoms. The summed E-state index contributed by atoms with van der Waals surface area (Å²) in [5.74, 6) is -1.28. The maximum atomic E-state index is 13.5. The molecule has 6 N–H and O–H groups in total. The fourth-order valence-electron chi connectivity index (χ4n) is 10.6. The number of rotatable bonds is 59. The van der Waals surface area contributed by atoms with Crippen molar-refractivity contribution in [3.63, 3.8) is 0 Å². The number of unbranched alkanes of at least 4 members (excludes halogenated alkanes) is 33. The molecule has 1 heterocycles. The summed E-state index contributed by atoms with van der Waals surface area (Å²) in [6, 6.07) is -1.04. The van der Waals surface area contributed by atoms with Gasteiger partial charge in [0.25, 0.3) is 0 Å². The minimum atomic E-state index is -1.65. The zero-order valence-electron chi connectivity index (χ0n) is 54.0. The van der Waals surface area contributed by atoms with Crippen LogP contribution in [-0.4, -0.2) is 99.6 Å². The van der Waals surface area contributed by atoms with E-state index in [1.54, 1.807) is 6.08 Å². The van der Waals surface area contributed by atoms with Gasteiger partial charge in [0.15, 0.2) is 12.4 Å². The highest BCUT2D eigenvalue weighted by Crippen LogP contribution is 2.26. The van der Waals surface area contributed by atoms with Gasteiger partial charge in [-0.15, -0.1) is 0 Å². The van der Waals surface area contributed by atoms with Crippen LogP contribution in [0.1, 0.15) is 303 Å². The minimum Gasteiger partial charge on any atom is -0.454 e. The van der Waals surface area contributed by atoms with Crippen LogP contribution in [0.15, 0.2) is 85.1 Å². The van der Waals surface area contributed by atoms with E-state index in [0.29, 0.717) is 19.3 Å². The molecule has 1 saturated heterocycles. The van der Waals surface area contributed by atoms with Crippen LogP contribution >= 0.6 is 0 Å². The number of carbonyl (C=O) groups is 2. The van der Waals surface area contributed by atoms with Gasteiger partial charge in [0.2, 0.25) is 5.91 Å². The average molecular weight is 1180 g/mol. The van der Waals surface area contributed by atoms with Gasteiger partial charge in [0.1, 0.15) is 24.4 Å². The van der Waals surface area contributed by atoms with Crippen LogP contribution in [0.5, 0.6) is 0 Å². The first-order chi connectivity index (χ1) is 41.2. The fourth-order valence-corrected chi connectivity index (χ4v) is 10.6. The summed E-state index contributed by atoms with van der Waals surface area (Å²) in [7, 11) is 0. The largest absolute Gasteiger partial charge is 0.454 e. The number of aliphatic hydroxyl groups is 5. The van der Waals surface area contributed by atoms with Gasteiger partial charge in [0.05, 0.1) is 25.4 Å². The van der Waals surface area contributed by atoms with Crippen molar-refractivity contribution < 1.29 is 49.3 Å². The van der Waals surface area contributed by atoms with E-state index in [0.717, 1.165) is 70.6 Å². The molecule has 486 valence electrons. The molecular formula is C73H129NO10. The molecule has 8 unspecified atom stereocenters. The Kier molecular flexibility index (Phi) is 56.5. The molecule has 1 rings (SSSR count). The van der Waals surface area contributed by atoms with Gasteiger partial charge in [-0.25, -0.2) is 0 Å².